The molecular formula is C17H31N3O3. The third kappa shape index (κ3) is 5.52. The van der Waals surface area contributed by atoms with Crippen molar-refractivity contribution < 1.29 is 14.4 Å². The van der Waals surface area contributed by atoms with E-state index in [1.807, 2.05) is 41.5 Å². The van der Waals surface area contributed by atoms with E-state index in [4.69, 9.17) is 5.73 Å². The Morgan fingerprint density at radius 3 is 2.17 bits per heavy atom. The second-order valence-electron chi connectivity index (χ2n) is 8.51. The van der Waals surface area contributed by atoms with Crippen LogP contribution < -0.4 is 11.1 Å². The Bertz CT molecular complexity index is 474. The van der Waals surface area contributed by atoms with Gasteiger partial charge in [-0.2, -0.15) is 0 Å². The van der Waals surface area contributed by atoms with Gasteiger partial charge in [0.05, 0.1) is 5.92 Å². The topological polar surface area (TPSA) is 92.5 Å². The first-order chi connectivity index (χ1) is 10.3. The normalized spacial score (nSPS) is 20.3. The highest BCUT2D eigenvalue weighted by Crippen LogP contribution is 2.33. The predicted octanol–water partition coefficient (Wildman–Crippen LogP) is 1.43. The van der Waals surface area contributed by atoms with Crippen LogP contribution in [-0.4, -0.2) is 40.7 Å². The summed E-state index contributed by atoms with van der Waals surface area (Å²) < 4.78 is 0. The van der Waals surface area contributed by atoms with Gasteiger partial charge in [-0.05, 0) is 39.0 Å². The summed E-state index contributed by atoms with van der Waals surface area (Å²) in [5.74, 6) is -1.25. The summed E-state index contributed by atoms with van der Waals surface area (Å²) in [6.45, 7) is 12.1. The molecule has 0 aromatic carbocycles. The number of nitrogens with one attached hydrogen (secondary N) is 1. The van der Waals surface area contributed by atoms with E-state index in [0.29, 0.717) is 13.0 Å². The smallest absolute Gasteiger partial charge is 0.240 e. The van der Waals surface area contributed by atoms with E-state index in [1.54, 1.807) is 4.90 Å². The van der Waals surface area contributed by atoms with Gasteiger partial charge in [-0.3, -0.25) is 14.4 Å². The van der Waals surface area contributed by atoms with Crippen molar-refractivity contribution in [3.63, 3.8) is 0 Å². The van der Waals surface area contributed by atoms with Gasteiger partial charge in [-0.1, -0.05) is 20.8 Å². The molecule has 6 heteroatoms. The van der Waals surface area contributed by atoms with E-state index in [2.05, 4.69) is 5.32 Å². The minimum Gasteiger partial charge on any atom is -0.368 e. The SMILES string of the molecule is CC(C)(C)NC(=O)C[C@H](C(=O)N1CCCC1C(N)=O)C(C)(C)C. The molecule has 1 aliphatic heterocycles. The number of nitrogens with two attached hydrogens (primary N) is 1. The van der Waals surface area contributed by atoms with Gasteiger partial charge in [0.15, 0.2) is 0 Å². The zero-order chi connectivity index (χ0) is 18.0. The van der Waals surface area contributed by atoms with Gasteiger partial charge in [-0.25, -0.2) is 0 Å². The molecule has 3 amide bonds. The fourth-order valence-corrected chi connectivity index (χ4v) is 2.95. The molecule has 3 N–H and O–H groups in total. The largest absolute Gasteiger partial charge is 0.368 e. The minimum atomic E-state index is -0.543. The lowest BCUT2D eigenvalue weighted by Crippen LogP contribution is -2.50. The Morgan fingerprint density at radius 2 is 1.74 bits per heavy atom. The average molecular weight is 325 g/mol. The Kier molecular flexibility index (Phi) is 5.83. The zero-order valence-electron chi connectivity index (χ0n) is 15.2. The second-order valence-corrected chi connectivity index (χ2v) is 8.51. The maximum absolute atomic E-state index is 12.9. The molecule has 2 atom stereocenters. The summed E-state index contributed by atoms with van der Waals surface area (Å²) in [6.07, 6.45) is 1.48. The van der Waals surface area contributed by atoms with Crippen molar-refractivity contribution in [2.24, 2.45) is 17.1 Å². The monoisotopic (exact) mass is 325 g/mol. The highest BCUT2D eigenvalue weighted by atomic mass is 16.2. The molecule has 0 spiro atoms. The molecule has 132 valence electrons. The second kappa shape index (κ2) is 6.89. The number of hydrogen-bond donors (Lipinski definition) is 2. The molecule has 0 aromatic heterocycles. The molecule has 1 unspecified atom stereocenters. The molecular weight excluding hydrogens is 294 g/mol. The molecule has 6 nitrogen and oxygen atoms in total. The minimum absolute atomic E-state index is 0.113. The maximum Gasteiger partial charge on any atom is 0.240 e. The molecule has 1 saturated heterocycles. The van der Waals surface area contributed by atoms with Crippen LogP contribution in [0.25, 0.3) is 0 Å². The Hall–Kier alpha value is -1.59. The lowest BCUT2D eigenvalue weighted by atomic mass is 9.77. The average Bonchev–Trinajstić information content (AvgIpc) is 2.80. The Balaban J connectivity index is 2.92. The van der Waals surface area contributed by atoms with Crippen molar-refractivity contribution >= 4 is 17.7 Å². The first-order valence-corrected chi connectivity index (χ1v) is 8.24. The molecule has 0 saturated carbocycles. The lowest BCUT2D eigenvalue weighted by molar-refractivity contribution is -0.146. The number of likely N-dealkylation sites (tertiary alicyclic amines) is 1. The molecule has 1 aliphatic rings. The van der Waals surface area contributed by atoms with Crippen molar-refractivity contribution in [2.45, 2.75) is 72.4 Å². The fourth-order valence-electron chi connectivity index (χ4n) is 2.95. The number of amides is 3. The fraction of sp³-hybridized carbons (Fsp3) is 0.824. The van der Waals surface area contributed by atoms with Gasteiger partial charge >= 0.3 is 0 Å². The predicted molar refractivity (Wildman–Crippen MR) is 89.4 cm³/mol. The van der Waals surface area contributed by atoms with Crippen molar-refractivity contribution in [1.29, 1.82) is 0 Å². The van der Waals surface area contributed by atoms with Gasteiger partial charge in [0, 0.05) is 18.5 Å². The number of nitrogens with zero attached hydrogens (tertiary/aromatic N) is 1. The molecule has 0 bridgehead atoms. The summed E-state index contributed by atoms with van der Waals surface area (Å²) in [7, 11) is 0. The van der Waals surface area contributed by atoms with Crippen molar-refractivity contribution in [2.75, 3.05) is 6.54 Å². The molecule has 1 fully saturated rings. The quantitative estimate of drug-likeness (QED) is 0.819. The van der Waals surface area contributed by atoms with E-state index in [-0.39, 0.29) is 29.2 Å². The van der Waals surface area contributed by atoms with Crippen LogP contribution in [-0.2, 0) is 14.4 Å². The number of hydrogen-bond acceptors (Lipinski definition) is 3. The number of carbonyl (C=O) groups excluding carboxylic acids is 3. The number of carbonyl (C=O) groups is 3. The summed E-state index contributed by atoms with van der Waals surface area (Å²) in [5, 5.41) is 2.90. The molecule has 0 aliphatic carbocycles. The number of rotatable bonds is 4. The summed E-state index contributed by atoms with van der Waals surface area (Å²) in [5.41, 5.74) is 4.69. The van der Waals surface area contributed by atoms with E-state index < -0.39 is 17.9 Å². The Morgan fingerprint density at radius 1 is 1.17 bits per heavy atom. The lowest BCUT2D eigenvalue weighted by Gasteiger charge is -2.35. The highest BCUT2D eigenvalue weighted by molar-refractivity contribution is 5.91. The van der Waals surface area contributed by atoms with Crippen LogP contribution in [0.1, 0.15) is 60.8 Å². The molecule has 0 aromatic rings. The van der Waals surface area contributed by atoms with Crippen molar-refractivity contribution in [1.82, 2.24) is 10.2 Å². The summed E-state index contributed by atoms with van der Waals surface area (Å²) >= 11 is 0. The van der Waals surface area contributed by atoms with Crippen LogP contribution in [0.3, 0.4) is 0 Å². The standard InChI is InChI=1S/C17H31N3O3/c1-16(2,3)11(10-13(21)19-17(4,5)6)15(23)20-9-7-8-12(20)14(18)22/h11-12H,7-10H2,1-6H3,(H2,18,22)(H,19,21)/t11-,12?/m1/s1. The first-order valence-electron chi connectivity index (χ1n) is 8.24. The van der Waals surface area contributed by atoms with Gasteiger partial charge in [0.2, 0.25) is 17.7 Å². The molecule has 0 radical (unpaired) electrons. The van der Waals surface area contributed by atoms with Crippen LogP contribution >= 0.6 is 0 Å². The van der Waals surface area contributed by atoms with Gasteiger partial charge in [0.25, 0.3) is 0 Å². The van der Waals surface area contributed by atoms with E-state index in [9.17, 15) is 14.4 Å². The van der Waals surface area contributed by atoms with Crippen LogP contribution in [0, 0.1) is 11.3 Å². The van der Waals surface area contributed by atoms with Crippen LogP contribution in [0.15, 0.2) is 0 Å². The number of primary amides is 1. The molecule has 1 heterocycles. The van der Waals surface area contributed by atoms with Crippen LogP contribution in [0.2, 0.25) is 0 Å². The molecule has 1 rings (SSSR count). The summed E-state index contributed by atoms with van der Waals surface area (Å²) in [4.78, 5) is 38.3. The van der Waals surface area contributed by atoms with Crippen LogP contribution in [0.5, 0.6) is 0 Å². The molecule has 23 heavy (non-hydrogen) atoms. The van der Waals surface area contributed by atoms with E-state index in [1.165, 1.54) is 0 Å². The van der Waals surface area contributed by atoms with Crippen molar-refractivity contribution in [3.8, 4) is 0 Å². The van der Waals surface area contributed by atoms with Crippen molar-refractivity contribution in [3.05, 3.63) is 0 Å². The van der Waals surface area contributed by atoms with Crippen LogP contribution in [0.4, 0.5) is 0 Å². The van der Waals surface area contributed by atoms with Gasteiger partial charge < -0.3 is 16.0 Å². The van der Waals surface area contributed by atoms with E-state index in [0.717, 1.165) is 6.42 Å². The Labute approximate surface area is 139 Å². The van der Waals surface area contributed by atoms with E-state index >= 15 is 0 Å². The summed E-state index contributed by atoms with van der Waals surface area (Å²) in [6, 6.07) is -0.543. The first kappa shape index (κ1) is 19.5. The third-order valence-corrected chi connectivity index (χ3v) is 4.11. The zero-order valence-corrected chi connectivity index (χ0v) is 15.2. The van der Waals surface area contributed by atoms with Gasteiger partial charge in [-0.15, -0.1) is 0 Å². The van der Waals surface area contributed by atoms with Gasteiger partial charge in [0.1, 0.15) is 6.04 Å². The maximum atomic E-state index is 12.9. The third-order valence-electron chi connectivity index (χ3n) is 4.11. The highest BCUT2D eigenvalue weighted by Gasteiger charge is 2.41.